The average molecular weight is 576 g/mol. The lowest BCUT2D eigenvalue weighted by Gasteiger charge is -2.20. The van der Waals surface area contributed by atoms with Crippen molar-refractivity contribution in [3.63, 3.8) is 0 Å². The van der Waals surface area contributed by atoms with Crippen LogP contribution in [0.4, 0.5) is 8.78 Å². The largest absolute Gasteiger partial charge is 0.457 e. The fraction of sp³-hybridized carbons (Fsp3) is 0.125. The Morgan fingerprint density at radius 3 is 1.93 bits per heavy atom. The van der Waals surface area contributed by atoms with Gasteiger partial charge in [0.15, 0.2) is 0 Å². The maximum atomic E-state index is 14.6. The normalized spacial score (nSPS) is 11.5. The Kier molecular flexibility index (Phi) is 9.17. The zero-order valence-electron chi connectivity index (χ0n) is 22.2. The lowest BCUT2D eigenvalue weighted by Crippen LogP contribution is -2.44. The molecule has 1 heterocycles. The van der Waals surface area contributed by atoms with Crippen molar-refractivity contribution in [3.05, 3.63) is 152 Å². The number of benzene rings is 4. The van der Waals surface area contributed by atoms with E-state index in [2.05, 4.69) is 0 Å². The van der Waals surface area contributed by atoms with Crippen molar-refractivity contribution < 1.29 is 13.5 Å². The van der Waals surface area contributed by atoms with Crippen molar-refractivity contribution in [2.75, 3.05) is 0 Å². The highest BCUT2D eigenvalue weighted by molar-refractivity contribution is 5.85. The molecule has 1 aromatic heterocycles. The van der Waals surface area contributed by atoms with Crippen LogP contribution in [0.15, 0.2) is 113 Å². The molecule has 0 aliphatic heterocycles. The van der Waals surface area contributed by atoms with Gasteiger partial charge in [-0.1, -0.05) is 66.7 Å². The Hall–Kier alpha value is -4.53. The molecule has 0 bridgehead atoms. The average Bonchev–Trinajstić information content (AvgIpc) is 2.96. The number of nitrogens with zero attached hydrogens (tertiary/aromatic N) is 2. The van der Waals surface area contributed by atoms with Crippen LogP contribution in [0.25, 0.3) is 11.1 Å². The van der Waals surface area contributed by atoms with Crippen LogP contribution in [0.3, 0.4) is 0 Å². The molecule has 2 N–H and O–H groups in total. The third-order valence-electron chi connectivity index (χ3n) is 6.79. The molecule has 0 aliphatic carbocycles. The molecular formula is C32H28ClF2N3O3. The second kappa shape index (κ2) is 12.8. The van der Waals surface area contributed by atoms with Crippen LogP contribution in [0, 0.1) is 18.6 Å². The van der Waals surface area contributed by atoms with Gasteiger partial charge < -0.3 is 10.5 Å². The van der Waals surface area contributed by atoms with Crippen LogP contribution < -0.4 is 21.7 Å². The van der Waals surface area contributed by atoms with Crippen LogP contribution in [-0.2, 0) is 13.1 Å². The van der Waals surface area contributed by atoms with Crippen LogP contribution >= 0.6 is 12.4 Å². The molecule has 5 rings (SSSR count). The van der Waals surface area contributed by atoms with E-state index in [1.54, 1.807) is 31.2 Å². The molecule has 0 aliphatic rings. The number of rotatable bonds is 8. The Morgan fingerprint density at radius 2 is 1.32 bits per heavy atom. The van der Waals surface area contributed by atoms with Gasteiger partial charge in [-0.05, 0) is 54.4 Å². The number of halogens is 3. The van der Waals surface area contributed by atoms with Crippen LogP contribution in [0.2, 0.25) is 0 Å². The van der Waals surface area contributed by atoms with Crippen LogP contribution in [-0.4, -0.2) is 9.13 Å². The van der Waals surface area contributed by atoms with Gasteiger partial charge in [0.2, 0.25) is 0 Å². The molecule has 5 aromatic rings. The molecule has 0 radical (unpaired) electrons. The number of para-hydroxylation sites is 1. The van der Waals surface area contributed by atoms with Crippen molar-refractivity contribution in [3.8, 4) is 22.6 Å². The zero-order chi connectivity index (χ0) is 28.2. The standard InChI is InChI=1S/C32H27F2N3O3.ClH/c1-21-30(23-15-17-25(18-16-23)40-24-11-6-3-7-12-24)31(38)37(20-29(35)22-9-4-2-5-10-22)32(39)36(21)19-26-27(33)13-8-14-28(26)34;/h2-18,29H,19-20,35H2,1H3;1H/t29-;/m0./s1. The van der Waals surface area contributed by atoms with Gasteiger partial charge in [0.25, 0.3) is 5.56 Å². The molecule has 0 fully saturated rings. The number of nitrogens with two attached hydrogens (primary N) is 1. The van der Waals surface area contributed by atoms with E-state index < -0.39 is 35.5 Å². The number of hydrogen-bond donors (Lipinski definition) is 1. The van der Waals surface area contributed by atoms with Crippen molar-refractivity contribution in [1.82, 2.24) is 9.13 Å². The summed E-state index contributed by atoms with van der Waals surface area (Å²) in [7, 11) is 0. The molecule has 41 heavy (non-hydrogen) atoms. The fourth-order valence-electron chi connectivity index (χ4n) is 4.64. The first-order valence-electron chi connectivity index (χ1n) is 12.7. The highest BCUT2D eigenvalue weighted by Gasteiger charge is 2.22. The second-order valence-electron chi connectivity index (χ2n) is 9.40. The Balaban J connectivity index is 0.00000387. The lowest BCUT2D eigenvalue weighted by molar-refractivity contribution is 0.482. The summed E-state index contributed by atoms with van der Waals surface area (Å²) >= 11 is 0. The first kappa shape index (κ1) is 29.5. The second-order valence-corrected chi connectivity index (χ2v) is 9.40. The summed E-state index contributed by atoms with van der Waals surface area (Å²) in [6, 6.07) is 28.0. The topological polar surface area (TPSA) is 79.2 Å². The van der Waals surface area contributed by atoms with E-state index in [-0.39, 0.29) is 35.8 Å². The molecule has 0 spiro atoms. The minimum absolute atomic E-state index is 0. The molecule has 0 saturated carbocycles. The summed E-state index contributed by atoms with van der Waals surface area (Å²) in [5, 5.41) is 0. The van der Waals surface area contributed by atoms with Crippen molar-refractivity contribution in [1.29, 1.82) is 0 Å². The quantitative estimate of drug-likeness (QED) is 0.238. The van der Waals surface area contributed by atoms with E-state index in [9.17, 15) is 18.4 Å². The third kappa shape index (κ3) is 6.29. The van der Waals surface area contributed by atoms with E-state index in [1.807, 2.05) is 60.7 Å². The van der Waals surface area contributed by atoms with Crippen molar-refractivity contribution in [2.24, 2.45) is 5.73 Å². The van der Waals surface area contributed by atoms with Gasteiger partial charge in [-0.25, -0.2) is 13.6 Å². The third-order valence-corrected chi connectivity index (χ3v) is 6.79. The van der Waals surface area contributed by atoms with Gasteiger partial charge in [-0.2, -0.15) is 0 Å². The van der Waals surface area contributed by atoms with Gasteiger partial charge in [-0.15, -0.1) is 12.4 Å². The smallest absolute Gasteiger partial charge is 0.331 e. The fourth-order valence-corrected chi connectivity index (χ4v) is 4.64. The summed E-state index contributed by atoms with van der Waals surface area (Å²) < 4.78 is 37.3. The van der Waals surface area contributed by atoms with Crippen molar-refractivity contribution in [2.45, 2.75) is 26.1 Å². The number of ether oxygens (including phenoxy) is 1. The molecular weight excluding hydrogens is 548 g/mol. The first-order valence-corrected chi connectivity index (χ1v) is 12.7. The monoisotopic (exact) mass is 575 g/mol. The molecule has 0 saturated heterocycles. The first-order chi connectivity index (χ1) is 19.3. The predicted molar refractivity (Wildman–Crippen MR) is 158 cm³/mol. The molecule has 0 unspecified atom stereocenters. The van der Waals surface area contributed by atoms with E-state index in [1.165, 1.54) is 10.6 Å². The lowest BCUT2D eigenvalue weighted by atomic mass is 10.0. The van der Waals surface area contributed by atoms with E-state index >= 15 is 0 Å². The molecule has 0 amide bonds. The predicted octanol–water partition coefficient (Wildman–Crippen LogP) is 6.23. The Labute approximate surface area is 241 Å². The maximum absolute atomic E-state index is 14.6. The Bertz CT molecular complexity index is 1740. The SMILES string of the molecule is Cc1c(-c2ccc(Oc3ccccc3)cc2)c(=O)n(C[C@H](N)c2ccccc2)c(=O)n1Cc1c(F)cccc1F.Cl. The molecule has 210 valence electrons. The van der Waals surface area contributed by atoms with E-state index in [0.29, 0.717) is 17.1 Å². The molecule has 1 atom stereocenters. The molecule has 4 aromatic carbocycles. The summed E-state index contributed by atoms with van der Waals surface area (Å²) in [6.07, 6.45) is 0. The van der Waals surface area contributed by atoms with Gasteiger partial charge in [0, 0.05) is 17.3 Å². The molecule has 6 nitrogen and oxygen atoms in total. The van der Waals surface area contributed by atoms with E-state index in [4.69, 9.17) is 10.5 Å². The highest BCUT2D eigenvalue weighted by Crippen LogP contribution is 2.26. The Morgan fingerprint density at radius 1 is 0.756 bits per heavy atom. The number of aromatic nitrogens is 2. The number of hydrogen-bond acceptors (Lipinski definition) is 4. The maximum Gasteiger partial charge on any atom is 0.331 e. The summed E-state index contributed by atoms with van der Waals surface area (Å²) in [6.45, 7) is 1.07. The van der Waals surface area contributed by atoms with Crippen LogP contribution in [0.5, 0.6) is 11.5 Å². The molecule has 9 heteroatoms. The van der Waals surface area contributed by atoms with Gasteiger partial charge in [-0.3, -0.25) is 13.9 Å². The summed E-state index contributed by atoms with van der Waals surface area (Å²) in [4.78, 5) is 27.5. The zero-order valence-corrected chi connectivity index (χ0v) is 23.0. The van der Waals surface area contributed by atoms with Gasteiger partial charge >= 0.3 is 5.69 Å². The highest BCUT2D eigenvalue weighted by atomic mass is 35.5. The van der Waals surface area contributed by atoms with Crippen molar-refractivity contribution >= 4 is 12.4 Å². The minimum atomic E-state index is -0.783. The summed E-state index contributed by atoms with van der Waals surface area (Å²) in [5.74, 6) is -0.354. The van der Waals surface area contributed by atoms with Gasteiger partial charge in [0.1, 0.15) is 23.1 Å². The summed E-state index contributed by atoms with van der Waals surface area (Å²) in [5.41, 5.74) is 6.63. The van der Waals surface area contributed by atoms with Crippen LogP contribution in [0.1, 0.15) is 22.9 Å². The van der Waals surface area contributed by atoms with E-state index in [0.717, 1.165) is 22.3 Å². The van der Waals surface area contributed by atoms with Gasteiger partial charge in [0.05, 0.1) is 18.7 Å². The minimum Gasteiger partial charge on any atom is -0.457 e.